The Morgan fingerprint density at radius 1 is 0.614 bits per heavy atom. The minimum atomic E-state index is -1.51. The van der Waals surface area contributed by atoms with Crippen LogP contribution in [0.15, 0.2) is 61.2 Å². The normalized spacial score (nSPS) is 10.6. The van der Waals surface area contributed by atoms with Gasteiger partial charge in [0.2, 0.25) is 11.8 Å². The number of carbonyl (C=O) groups excluding carboxylic acids is 6. The predicted octanol–water partition coefficient (Wildman–Crippen LogP) is 1.71. The van der Waals surface area contributed by atoms with E-state index in [1.165, 1.54) is 12.2 Å². The highest BCUT2D eigenvalue weighted by Gasteiger charge is 2.20. The third-order valence-corrected chi connectivity index (χ3v) is 5.66. The molecule has 2 aromatic heterocycles. The molecule has 4 amide bonds. The van der Waals surface area contributed by atoms with Crippen LogP contribution in [-0.2, 0) is 38.4 Å². The number of pyridine rings is 2. The number of amides is 4. The fraction of sp³-hybridized carbons (Fsp3) is 0.333. The van der Waals surface area contributed by atoms with Gasteiger partial charge < -0.3 is 20.3 Å². The maximum absolute atomic E-state index is 11.8. The quantitative estimate of drug-likeness (QED) is 0.0943. The summed E-state index contributed by atoms with van der Waals surface area (Å²) in [6, 6.07) is 7.18. The smallest absolute Gasteiger partial charge is 0.353 e. The third-order valence-electron chi connectivity index (χ3n) is 5.66. The first-order chi connectivity index (χ1) is 21.3. The van der Waals surface area contributed by atoms with Gasteiger partial charge in [-0.15, -0.1) is 0 Å². The number of rotatable bonds is 16. The van der Waals surface area contributed by atoms with Crippen LogP contribution in [0, 0.1) is 0 Å². The lowest BCUT2D eigenvalue weighted by Gasteiger charge is -2.07. The number of hydroxylamine groups is 2. The molecule has 2 aromatic rings. The summed E-state index contributed by atoms with van der Waals surface area (Å²) in [6.07, 6.45) is 16.2. The van der Waals surface area contributed by atoms with E-state index in [9.17, 15) is 28.8 Å². The van der Waals surface area contributed by atoms with Crippen molar-refractivity contribution in [1.82, 2.24) is 31.6 Å². The Kier molecular flexibility index (Phi) is 16.9. The van der Waals surface area contributed by atoms with Gasteiger partial charge in [0, 0.05) is 62.9 Å². The van der Waals surface area contributed by atoms with Crippen LogP contribution in [-0.4, -0.2) is 58.6 Å². The number of hydrogen-bond donors (Lipinski definition) is 4. The number of aromatic nitrogens is 2. The molecule has 0 spiro atoms. The van der Waals surface area contributed by atoms with Gasteiger partial charge >= 0.3 is 11.9 Å². The molecule has 0 aliphatic carbocycles. The molecule has 4 N–H and O–H groups in total. The molecule has 0 atom stereocenters. The minimum Gasteiger partial charge on any atom is -0.353 e. The van der Waals surface area contributed by atoms with Crippen LogP contribution >= 0.6 is 0 Å². The Bertz CT molecular complexity index is 1190. The van der Waals surface area contributed by atoms with E-state index in [2.05, 4.69) is 30.3 Å². The van der Waals surface area contributed by atoms with Gasteiger partial charge in [0.15, 0.2) is 0 Å². The van der Waals surface area contributed by atoms with E-state index in [1.807, 2.05) is 23.1 Å². The Balaban J connectivity index is 1.43. The summed E-state index contributed by atoms with van der Waals surface area (Å²) < 4.78 is 0. The van der Waals surface area contributed by atoms with Crippen molar-refractivity contribution >= 4 is 47.7 Å². The Morgan fingerprint density at radius 3 is 1.43 bits per heavy atom. The van der Waals surface area contributed by atoms with E-state index >= 15 is 0 Å². The molecule has 0 saturated carbocycles. The SMILES string of the molecule is O=C(/C=C/c1cccnc1)NCCCCCC(=O)NOC(=O)C(=O)ONC(=O)CCCCCNC(=O)/C=C/c1cccnc1. The molecule has 0 fully saturated rings. The summed E-state index contributed by atoms with van der Waals surface area (Å²) >= 11 is 0. The van der Waals surface area contributed by atoms with Crippen LogP contribution in [0.1, 0.15) is 62.5 Å². The second-order valence-corrected chi connectivity index (χ2v) is 9.27. The number of nitrogens with one attached hydrogen (secondary N) is 4. The van der Waals surface area contributed by atoms with Crippen LogP contribution in [0.3, 0.4) is 0 Å². The van der Waals surface area contributed by atoms with Crippen molar-refractivity contribution in [2.75, 3.05) is 13.1 Å². The van der Waals surface area contributed by atoms with Gasteiger partial charge in [-0.2, -0.15) is 11.0 Å². The highest BCUT2D eigenvalue weighted by Crippen LogP contribution is 2.02. The maximum Gasteiger partial charge on any atom is 0.443 e. The molecule has 2 rings (SSSR count). The molecule has 0 saturated heterocycles. The second-order valence-electron chi connectivity index (χ2n) is 9.27. The highest BCUT2D eigenvalue weighted by molar-refractivity contribution is 6.29. The van der Waals surface area contributed by atoms with Crippen molar-refractivity contribution in [2.24, 2.45) is 0 Å². The molecule has 44 heavy (non-hydrogen) atoms. The summed E-state index contributed by atoms with van der Waals surface area (Å²) in [6.45, 7) is 0.850. The summed E-state index contributed by atoms with van der Waals surface area (Å²) in [7, 11) is 0. The molecule has 0 radical (unpaired) electrons. The van der Waals surface area contributed by atoms with Crippen molar-refractivity contribution in [3.63, 3.8) is 0 Å². The molecular weight excluding hydrogens is 572 g/mol. The fourth-order valence-corrected chi connectivity index (χ4v) is 3.40. The van der Waals surface area contributed by atoms with Crippen LogP contribution in [0.5, 0.6) is 0 Å². The van der Waals surface area contributed by atoms with Gasteiger partial charge in [0.1, 0.15) is 0 Å². The topological polar surface area (TPSA) is 195 Å². The lowest BCUT2D eigenvalue weighted by Crippen LogP contribution is -2.35. The predicted molar refractivity (Wildman–Crippen MR) is 158 cm³/mol. The number of carbonyl (C=O) groups is 6. The zero-order valence-corrected chi connectivity index (χ0v) is 24.2. The first kappa shape index (κ1) is 34.8. The standard InChI is InChI=1S/C30H36N6O8/c37-25(15-13-23-9-7-17-31-21-23)33-19-5-1-3-11-27(39)35-43-29(41)30(42)44-36-28(40)12-4-2-6-20-34-26(38)16-14-24-10-8-18-32-22-24/h7-10,13-18,21-22H,1-6,11-12,19-20H2,(H,33,37)(H,34,38)(H,35,39)(H,36,40)/b15-13+,16-14+. The second kappa shape index (κ2) is 21.3. The molecule has 2 heterocycles. The number of unbranched alkanes of at least 4 members (excludes halogenated alkanes) is 4. The van der Waals surface area contributed by atoms with Gasteiger partial charge in [-0.25, -0.2) is 9.59 Å². The Hall–Kier alpha value is -5.40. The summed E-state index contributed by atoms with van der Waals surface area (Å²) in [5.41, 5.74) is 5.31. The van der Waals surface area contributed by atoms with Crippen molar-refractivity contribution in [3.8, 4) is 0 Å². The van der Waals surface area contributed by atoms with Crippen LogP contribution in [0.4, 0.5) is 0 Å². The van der Waals surface area contributed by atoms with E-state index < -0.39 is 23.8 Å². The maximum atomic E-state index is 11.8. The molecule has 0 aliphatic rings. The zero-order chi connectivity index (χ0) is 31.8. The largest absolute Gasteiger partial charge is 0.443 e. The van der Waals surface area contributed by atoms with Crippen molar-refractivity contribution in [3.05, 3.63) is 72.3 Å². The third kappa shape index (κ3) is 16.8. The molecule has 0 unspecified atom stereocenters. The minimum absolute atomic E-state index is 0.0275. The average molecular weight is 609 g/mol. The van der Waals surface area contributed by atoms with E-state index in [0.717, 1.165) is 11.1 Å². The monoisotopic (exact) mass is 608 g/mol. The van der Waals surface area contributed by atoms with Crippen LogP contribution in [0.2, 0.25) is 0 Å². The van der Waals surface area contributed by atoms with E-state index in [0.29, 0.717) is 51.6 Å². The van der Waals surface area contributed by atoms with Crippen LogP contribution < -0.4 is 21.6 Å². The Morgan fingerprint density at radius 2 is 1.05 bits per heavy atom. The summed E-state index contributed by atoms with van der Waals surface area (Å²) in [4.78, 5) is 87.1. The molecule has 14 heteroatoms. The lowest BCUT2D eigenvalue weighted by molar-refractivity contribution is -0.179. The van der Waals surface area contributed by atoms with E-state index in [1.54, 1.807) is 49.1 Å². The Labute approximate surface area is 254 Å². The summed E-state index contributed by atoms with van der Waals surface area (Å²) in [5, 5.41) is 5.46. The van der Waals surface area contributed by atoms with Crippen molar-refractivity contribution < 1.29 is 38.4 Å². The average Bonchev–Trinajstić information content (AvgIpc) is 3.04. The number of hydrogen-bond acceptors (Lipinski definition) is 10. The molecular formula is C30H36N6O8. The van der Waals surface area contributed by atoms with Crippen molar-refractivity contribution in [1.29, 1.82) is 0 Å². The fourth-order valence-electron chi connectivity index (χ4n) is 3.40. The van der Waals surface area contributed by atoms with Crippen molar-refractivity contribution in [2.45, 2.75) is 51.4 Å². The lowest BCUT2D eigenvalue weighted by atomic mass is 10.2. The first-order valence-electron chi connectivity index (χ1n) is 14.0. The molecule has 0 bridgehead atoms. The molecule has 234 valence electrons. The van der Waals surface area contributed by atoms with Gasteiger partial charge in [-0.3, -0.25) is 29.1 Å². The summed E-state index contributed by atoms with van der Waals surface area (Å²) in [5.74, 6) is -4.75. The number of nitrogens with zero attached hydrogens (tertiary/aromatic N) is 2. The van der Waals surface area contributed by atoms with Gasteiger partial charge in [0.25, 0.3) is 11.8 Å². The molecule has 0 aliphatic heterocycles. The van der Waals surface area contributed by atoms with Gasteiger partial charge in [0.05, 0.1) is 0 Å². The van der Waals surface area contributed by atoms with Crippen LogP contribution in [0.25, 0.3) is 12.2 Å². The highest BCUT2D eigenvalue weighted by atomic mass is 16.7. The van der Waals surface area contributed by atoms with E-state index in [-0.39, 0.29) is 24.7 Å². The van der Waals surface area contributed by atoms with E-state index in [4.69, 9.17) is 0 Å². The van der Waals surface area contributed by atoms with Gasteiger partial charge in [-0.1, -0.05) is 25.0 Å². The van der Waals surface area contributed by atoms with Gasteiger partial charge in [-0.05, 0) is 61.1 Å². The first-order valence-corrected chi connectivity index (χ1v) is 14.0. The zero-order valence-electron chi connectivity index (χ0n) is 24.2. The molecule has 0 aromatic carbocycles. The molecule has 14 nitrogen and oxygen atoms in total.